The summed E-state index contributed by atoms with van der Waals surface area (Å²) in [5, 5.41) is 11.1. The normalized spacial score (nSPS) is 12.3. The zero-order valence-electron chi connectivity index (χ0n) is 25.6. The summed E-state index contributed by atoms with van der Waals surface area (Å²) in [6.45, 7) is 4.38. The van der Waals surface area contributed by atoms with Crippen molar-refractivity contribution >= 4 is 84.1 Å². The number of nitrogens with one attached hydrogen (secondary N) is 1. The van der Waals surface area contributed by atoms with Crippen molar-refractivity contribution in [3.05, 3.63) is 139 Å². The molecule has 1 aliphatic rings. The average molecular weight is 588 g/mol. The number of fused-ring (bicyclic) bond motifs is 10. The van der Waals surface area contributed by atoms with Crippen molar-refractivity contribution < 1.29 is 4.42 Å². The molecular formula is C42H28BN2O. The molecule has 4 heteroatoms. The summed E-state index contributed by atoms with van der Waals surface area (Å²) >= 11 is 0. The zero-order valence-corrected chi connectivity index (χ0v) is 25.6. The predicted octanol–water partition coefficient (Wildman–Crippen LogP) is 9.83. The van der Waals surface area contributed by atoms with Crippen LogP contribution in [-0.4, -0.2) is 11.8 Å². The van der Waals surface area contributed by atoms with E-state index in [4.69, 9.17) is 4.42 Å². The quantitative estimate of drug-likeness (QED) is 0.209. The Bertz CT molecular complexity index is 2710. The standard InChI is InChI=1S/C42H28BN2O/c1-24-15-18-27(19-16-24)44-35-13-7-5-11-29(35)33-21-25(2)39-31-20-17-26-9-3-4-10-28(26)41(31)45-36-22-32-30-12-6-8-14-37(30)46-38(32)23-34(36)43-40(33)42(39)45/h3-23,44H,1-2H3. The van der Waals surface area contributed by atoms with E-state index in [1.165, 1.54) is 66.0 Å². The van der Waals surface area contributed by atoms with Gasteiger partial charge in [-0.15, -0.1) is 0 Å². The fourth-order valence-electron chi connectivity index (χ4n) is 7.67. The number of rotatable bonds is 3. The molecule has 1 aliphatic heterocycles. The topological polar surface area (TPSA) is 30.1 Å². The number of hydrogen-bond donors (Lipinski definition) is 1. The van der Waals surface area contributed by atoms with E-state index in [0.717, 1.165) is 38.8 Å². The third-order valence-corrected chi connectivity index (χ3v) is 9.77. The molecule has 0 saturated carbocycles. The van der Waals surface area contributed by atoms with Crippen LogP contribution in [0, 0.1) is 13.8 Å². The predicted molar refractivity (Wildman–Crippen MR) is 195 cm³/mol. The van der Waals surface area contributed by atoms with Crippen molar-refractivity contribution in [1.82, 2.24) is 4.57 Å². The molecule has 3 nitrogen and oxygen atoms in total. The first-order chi connectivity index (χ1) is 22.6. The van der Waals surface area contributed by atoms with Crippen molar-refractivity contribution in [2.24, 2.45) is 0 Å². The lowest BCUT2D eigenvalue weighted by molar-refractivity contribution is 0.669. The second-order valence-corrected chi connectivity index (χ2v) is 12.6. The summed E-state index contributed by atoms with van der Waals surface area (Å²) < 4.78 is 8.94. The SMILES string of the molecule is Cc1ccc(Nc2ccccc2-c2cc(C)c3c4ccc5ccccc5c4n4c3c2[B]c2cc3oc5ccccc5c3cc2-4)cc1. The lowest BCUT2D eigenvalue weighted by Gasteiger charge is -2.24. The van der Waals surface area contributed by atoms with E-state index in [2.05, 4.69) is 152 Å². The smallest absolute Gasteiger partial charge is 0.198 e. The van der Waals surface area contributed by atoms with Crippen LogP contribution in [0.4, 0.5) is 11.4 Å². The number of aryl methyl sites for hydroxylation is 2. The molecule has 0 fully saturated rings. The maximum Gasteiger partial charge on any atom is 0.198 e. The molecular weight excluding hydrogens is 559 g/mol. The fourth-order valence-corrected chi connectivity index (χ4v) is 7.67. The maximum absolute atomic E-state index is 6.41. The summed E-state index contributed by atoms with van der Waals surface area (Å²) in [6, 6.07) is 45.9. The Morgan fingerprint density at radius 3 is 2.28 bits per heavy atom. The van der Waals surface area contributed by atoms with Crippen molar-refractivity contribution in [2.45, 2.75) is 13.8 Å². The third kappa shape index (κ3) is 3.55. The molecule has 9 aromatic rings. The molecule has 0 amide bonds. The number of aromatic nitrogens is 1. The number of para-hydroxylation sites is 2. The molecule has 1 N–H and O–H groups in total. The fraction of sp³-hybridized carbons (Fsp3) is 0.0476. The molecule has 215 valence electrons. The van der Waals surface area contributed by atoms with E-state index < -0.39 is 0 Å². The average Bonchev–Trinajstić information content (AvgIpc) is 3.63. The zero-order chi connectivity index (χ0) is 30.5. The monoisotopic (exact) mass is 587 g/mol. The van der Waals surface area contributed by atoms with Crippen LogP contribution in [0.1, 0.15) is 11.1 Å². The van der Waals surface area contributed by atoms with Gasteiger partial charge in [0.15, 0.2) is 7.28 Å². The van der Waals surface area contributed by atoms with Crippen molar-refractivity contribution in [2.75, 3.05) is 5.32 Å². The Hall–Kier alpha value is -5.74. The molecule has 3 heterocycles. The van der Waals surface area contributed by atoms with Gasteiger partial charge in [-0.3, -0.25) is 0 Å². The molecule has 2 aromatic heterocycles. The van der Waals surface area contributed by atoms with Crippen LogP contribution in [-0.2, 0) is 0 Å². The van der Waals surface area contributed by atoms with E-state index in [-0.39, 0.29) is 0 Å². The molecule has 7 aromatic carbocycles. The van der Waals surface area contributed by atoms with Gasteiger partial charge in [-0.2, -0.15) is 0 Å². The number of anilines is 2. The summed E-state index contributed by atoms with van der Waals surface area (Å²) in [4.78, 5) is 0. The van der Waals surface area contributed by atoms with Gasteiger partial charge in [0.2, 0.25) is 0 Å². The number of nitrogens with zero attached hydrogens (tertiary/aromatic N) is 1. The second-order valence-electron chi connectivity index (χ2n) is 12.6. The number of benzene rings is 7. The molecule has 0 atom stereocenters. The Balaban J connectivity index is 1.33. The van der Waals surface area contributed by atoms with Crippen molar-refractivity contribution in [3.8, 4) is 16.8 Å². The minimum Gasteiger partial charge on any atom is -0.456 e. The Labute approximate surface area is 266 Å². The second kappa shape index (κ2) is 9.39. The van der Waals surface area contributed by atoms with Crippen LogP contribution in [0.5, 0.6) is 0 Å². The van der Waals surface area contributed by atoms with Gasteiger partial charge in [0.05, 0.1) is 5.52 Å². The van der Waals surface area contributed by atoms with Crippen LogP contribution in [0.25, 0.3) is 71.3 Å². The van der Waals surface area contributed by atoms with Gasteiger partial charge >= 0.3 is 0 Å². The minimum absolute atomic E-state index is 0.910. The molecule has 0 spiro atoms. The van der Waals surface area contributed by atoms with Gasteiger partial charge in [-0.1, -0.05) is 102 Å². The highest BCUT2D eigenvalue weighted by Gasteiger charge is 2.29. The maximum atomic E-state index is 6.41. The van der Waals surface area contributed by atoms with Gasteiger partial charge in [-0.25, -0.2) is 0 Å². The van der Waals surface area contributed by atoms with Crippen LogP contribution >= 0.6 is 0 Å². The van der Waals surface area contributed by atoms with Gasteiger partial charge in [0.25, 0.3) is 0 Å². The first-order valence-electron chi connectivity index (χ1n) is 15.9. The Morgan fingerprint density at radius 1 is 0.609 bits per heavy atom. The van der Waals surface area contributed by atoms with Crippen LogP contribution in [0.3, 0.4) is 0 Å². The highest BCUT2D eigenvalue weighted by Crippen LogP contribution is 2.42. The van der Waals surface area contributed by atoms with Crippen LogP contribution in [0.15, 0.2) is 132 Å². The van der Waals surface area contributed by atoms with Gasteiger partial charge in [0, 0.05) is 55.1 Å². The minimum atomic E-state index is 0.910. The number of furan rings is 1. The molecule has 0 bridgehead atoms. The molecule has 1 radical (unpaired) electrons. The van der Waals surface area contributed by atoms with Gasteiger partial charge in [0.1, 0.15) is 11.2 Å². The summed E-state index contributed by atoms with van der Waals surface area (Å²) in [7, 11) is 2.38. The summed E-state index contributed by atoms with van der Waals surface area (Å²) in [5.41, 5.74) is 15.0. The first kappa shape index (κ1) is 25.6. The van der Waals surface area contributed by atoms with Gasteiger partial charge < -0.3 is 14.3 Å². The Kier molecular flexibility index (Phi) is 5.22. The highest BCUT2D eigenvalue weighted by atomic mass is 16.3. The molecule has 46 heavy (non-hydrogen) atoms. The largest absolute Gasteiger partial charge is 0.456 e. The third-order valence-electron chi connectivity index (χ3n) is 9.77. The van der Waals surface area contributed by atoms with E-state index in [1.807, 2.05) is 6.07 Å². The van der Waals surface area contributed by atoms with Crippen LogP contribution in [0.2, 0.25) is 0 Å². The number of hydrogen-bond acceptors (Lipinski definition) is 2. The van der Waals surface area contributed by atoms with E-state index >= 15 is 0 Å². The lowest BCUT2D eigenvalue weighted by Crippen LogP contribution is -2.37. The lowest BCUT2D eigenvalue weighted by atomic mass is 9.58. The first-order valence-corrected chi connectivity index (χ1v) is 15.9. The van der Waals surface area contributed by atoms with Crippen molar-refractivity contribution in [3.63, 3.8) is 0 Å². The van der Waals surface area contributed by atoms with Crippen molar-refractivity contribution in [1.29, 1.82) is 0 Å². The van der Waals surface area contributed by atoms with E-state index in [1.54, 1.807) is 0 Å². The summed E-state index contributed by atoms with van der Waals surface area (Å²) in [5.74, 6) is 0. The Morgan fingerprint density at radius 2 is 1.39 bits per heavy atom. The van der Waals surface area contributed by atoms with Crippen LogP contribution < -0.4 is 16.2 Å². The summed E-state index contributed by atoms with van der Waals surface area (Å²) in [6.07, 6.45) is 0. The van der Waals surface area contributed by atoms with E-state index in [9.17, 15) is 0 Å². The van der Waals surface area contributed by atoms with Gasteiger partial charge in [-0.05, 0) is 72.2 Å². The van der Waals surface area contributed by atoms with E-state index in [0.29, 0.717) is 0 Å². The highest BCUT2D eigenvalue weighted by molar-refractivity contribution is 6.74. The molecule has 0 unspecified atom stereocenters. The molecule has 0 saturated heterocycles. The molecule has 0 aliphatic carbocycles. The molecule has 10 rings (SSSR count).